The molecular formula is C15H18N2. The normalized spacial score (nSPS) is 14.3. The number of aryl methyl sites for hydroxylation is 1. The van der Waals surface area contributed by atoms with E-state index in [1.807, 2.05) is 24.4 Å². The average Bonchev–Trinajstić information content (AvgIpc) is 2.39. The van der Waals surface area contributed by atoms with Crippen molar-refractivity contribution in [3.63, 3.8) is 0 Å². The Balaban J connectivity index is 2.20. The Morgan fingerprint density at radius 2 is 1.76 bits per heavy atom. The van der Waals surface area contributed by atoms with Crippen LogP contribution in [0.25, 0.3) is 0 Å². The highest BCUT2D eigenvalue weighted by atomic mass is 14.7. The Morgan fingerprint density at radius 3 is 2.35 bits per heavy atom. The first-order valence-electron chi connectivity index (χ1n) is 5.91. The van der Waals surface area contributed by atoms with Crippen LogP contribution in [0.5, 0.6) is 0 Å². The molecule has 0 saturated heterocycles. The lowest BCUT2D eigenvalue weighted by atomic mass is 9.92. The number of benzene rings is 1. The molecule has 1 aromatic heterocycles. The molecule has 2 aromatic rings. The molecule has 2 atom stereocenters. The summed E-state index contributed by atoms with van der Waals surface area (Å²) >= 11 is 0. The SMILES string of the molecule is Cc1ccc(C(N)C(C)c2ccccn2)cc1. The van der Waals surface area contributed by atoms with Gasteiger partial charge in [-0.25, -0.2) is 0 Å². The van der Waals surface area contributed by atoms with Crippen molar-refractivity contribution in [3.8, 4) is 0 Å². The van der Waals surface area contributed by atoms with Crippen molar-refractivity contribution >= 4 is 0 Å². The summed E-state index contributed by atoms with van der Waals surface area (Å²) in [7, 11) is 0. The minimum atomic E-state index is -0.00880. The molecular weight excluding hydrogens is 208 g/mol. The van der Waals surface area contributed by atoms with Gasteiger partial charge in [-0.05, 0) is 24.6 Å². The molecule has 0 fully saturated rings. The smallest absolute Gasteiger partial charge is 0.0450 e. The van der Waals surface area contributed by atoms with Crippen molar-refractivity contribution in [1.82, 2.24) is 4.98 Å². The molecule has 0 aliphatic heterocycles. The van der Waals surface area contributed by atoms with Gasteiger partial charge >= 0.3 is 0 Å². The van der Waals surface area contributed by atoms with Crippen LogP contribution in [0.4, 0.5) is 0 Å². The molecule has 2 rings (SSSR count). The lowest BCUT2D eigenvalue weighted by Gasteiger charge is -2.19. The van der Waals surface area contributed by atoms with Gasteiger partial charge in [0, 0.05) is 23.9 Å². The maximum atomic E-state index is 6.28. The van der Waals surface area contributed by atoms with Crippen LogP contribution in [0.3, 0.4) is 0 Å². The van der Waals surface area contributed by atoms with Gasteiger partial charge in [-0.1, -0.05) is 42.8 Å². The Morgan fingerprint density at radius 1 is 1.06 bits per heavy atom. The van der Waals surface area contributed by atoms with Gasteiger partial charge in [0.25, 0.3) is 0 Å². The minimum absolute atomic E-state index is 0.00880. The van der Waals surface area contributed by atoms with Crippen LogP contribution in [0.15, 0.2) is 48.7 Å². The molecule has 2 N–H and O–H groups in total. The van der Waals surface area contributed by atoms with Gasteiger partial charge in [0.05, 0.1) is 0 Å². The molecule has 0 spiro atoms. The maximum Gasteiger partial charge on any atom is 0.0450 e. The molecule has 17 heavy (non-hydrogen) atoms. The summed E-state index contributed by atoms with van der Waals surface area (Å²) in [5, 5.41) is 0. The molecule has 0 aliphatic rings. The van der Waals surface area contributed by atoms with Crippen molar-refractivity contribution in [1.29, 1.82) is 0 Å². The highest BCUT2D eigenvalue weighted by Gasteiger charge is 2.17. The zero-order valence-electron chi connectivity index (χ0n) is 10.3. The molecule has 88 valence electrons. The third-order valence-corrected chi connectivity index (χ3v) is 3.16. The van der Waals surface area contributed by atoms with Gasteiger partial charge in [0.2, 0.25) is 0 Å². The van der Waals surface area contributed by atoms with Crippen LogP contribution < -0.4 is 5.73 Å². The summed E-state index contributed by atoms with van der Waals surface area (Å²) in [5.74, 6) is 0.221. The predicted octanol–water partition coefficient (Wildman–Crippen LogP) is 3.19. The number of aromatic nitrogens is 1. The van der Waals surface area contributed by atoms with Crippen LogP contribution in [0.2, 0.25) is 0 Å². The van der Waals surface area contributed by atoms with Crippen molar-refractivity contribution in [2.75, 3.05) is 0 Å². The molecule has 0 amide bonds. The predicted molar refractivity (Wildman–Crippen MR) is 70.8 cm³/mol. The van der Waals surface area contributed by atoms with Crippen LogP contribution >= 0.6 is 0 Å². The first-order chi connectivity index (χ1) is 8.18. The zero-order chi connectivity index (χ0) is 12.3. The van der Waals surface area contributed by atoms with Crippen molar-refractivity contribution in [2.24, 2.45) is 5.73 Å². The number of pyridine rings is 1. The van der Waals surface area contributed by atoms with E-state index in [9.17, 15) is 0 Å². The molecule has 1 heterocycles. The van der Waals surface area contributed by atoms with E-state index < -0.39 is 0 Å². The second-order valence-electron chi connectivity index (χ2n) is 4.48. The van der Waals surface area contributed by atoms with E-state index in [2.05, 4.69) is 43.1 Å². The highest BCUT2D eigenvalue weighted by Crippen LogP contribution is 2.27. The van der Waals surface area contributed by atoms with Crippen LogP contribution in [-0.4, -0.2) is 4.98 Å². The molecule has 1 aromatic carbocycles. The van der Waals surface area contributed by atoms with Crippen molar-refractivity contribution in [3.05, 3.63) is 65.5 Å². The summed E-state index contributed by atoms with van der Waals surface area (Å²) in [6.45, 7) is 4.20. The third-order valence-electron chi connectivity index (χ3n) is 3.16. The summed E-state index contributed by atoms with van der Waals surface area (Å²) in [5.41, 5.74) is 9.74. The van der Waals surface area contributed by atoms with E-state index >= 15 is 0 Å². The molecule has 0 bridgehead atoms. The molecule has 0 saturated carbocycles. The molecule has 0 radical (unpaired) electrons. The quantitative estimate of drug-likeness (QED) is 0.873. The van der Waals surface area contributed by atoms with Gasteiger partial charge in [-0.3, -0.25) is 4.98 Å². The summed E-state index contributed by atoms with van der Waals surface area (Å²) in [4.78, 5) is 4.36. The van der Waals surface area contributed by atoms with Crippen LogP contribution in [0.1, 0.15) is 35.7 Å². The number of rotatable bonds is 3. The van der Waals surface area contributed by atoms with E-state index in [1.54, 1.807) is 0 Å². The van der Waals surface area contributed by atoms with E-state index in [1.165, 1.54) is 5.56 Å². The standard InChI is InChI=1S/C15H18N2/c1-11-6-8-13(9-7-11)15(16)12(2)14-5-3-4-10-17-14/h3-10,12,15H,16H2,1-2H3. The lowest BCUT2D eigenvalue weighted by Crippen LogP contribution is -2.18. The van der Waals surface area contributed by atoms with Gasteiger partial charge in [0.15, 0.2) is 0 Å². The topological polar surface area (TPSA) is 38.9 Å². The fraction of sp³-hybridized carbons (Fsp3) is 0.267. The Labute approximate surface area is 103 Å². The number of hydrogen-bond donors (Lipinski definition) is 1. The Kier molecular flexibility index (Phi) is 3.55. The Hall–Kier alpha value is -1.67. The molecule has 2 nitrogen and oxygen atoms in total. The molecule has 2 heteroatoms. The number of nitrogens with two attached hydrogens (primary N) is 1. The van der Waals surface area contributed by atoms with Crippen molar-refractivity contribution in [2.45, 2.75) is 25.8 Å². The van der Waals surface area contributed by atoms with Gasteiger partial charge in [0.1, 0.15) is 0 Å². The second kappa shape index (κ2) is 5.11. The van der Waals surface area contributed by atoms with E-state index in [-0.39, 0.29) is 12.0 Å². The van der Waals surface area contributed by atoms with Crippen LogP contribution in [-0.2, 0) is 0 Å². The first kappa shape index (κ1) is 11.8. The van der Waals surface area contributed by atoms with E-state index in [4.69, 9.17) is 5.73 Å². The summed E-state index contributed by atoms with van der Waals surface area (Å²) in [6, 6.07) is 14.3. The third kappa shape index (κ3) is 2.71. The van der Waals surface area contributed by atoms with Gasteiger partial charge in [-0.15, -0.1) is 0 Å². The fourth-order valence-corrected chi connectivity index (χ4v) is 1.91. The van der Waals surface area contributed by atoms with Crippen molar-refractivity contribution < 1.29 is 0 Å². The van der Waals surface area contributed by atoms with Crippen LogP contribution in [0, 0.1) is 6.92 Å². The minimum Gasteiger partial charge on any atom is -0.323 e. The largest absolute Gasteiger partial charge is 0.323 e. The zero-order valence-corrected chi connectivity index (χ0v) is 10.3. The molecule has 0 aliphatic carbocycles. The lowest BCUT2D eigenvalue weighted by molar-refractivity contribution is 0.584. The summed E-state index contributed by atoms with van der Waals surface area (Å²) < 4.78 is 0. The van der Waals surface area contributed by atoms with Gasteiger partial charge in [-0.2, -0.15) is 0 Å². The van der Waals surface area contributed by atoms with E-state index in [0.717, 1.165) is 11.3 Å². The highest BCUT2D eigenvalue weighted by molar-refractivity contribution is 5.27. The fourth-order valence-electron chi connectivity index (χ4n) is 1.91. The Bertz CT molecular complexity index is 462. The average molecular weight is 226 g/mol. The monoisotopic (exact) mass is 226 g/mol. The first-order valence-corrected chi connectivity index (χ1v) is 5.91. The molecule has 2 unspecified atom stereocenters. The second-order valence-corrected chi connectivity index (χ2v) is 4.48. The number of hydrogen-bond acceptors (Lipinski definition) is 2. The number of nitrogens with zero attached hydrogens (tertiary/aromatic N) is 1. The maximum absolute atomic E-state index is 6.28. The van der Waals surface area contributed by atoms with Gasteiger partial charge < -0.3 is 5.73 Å². The summed E-state index contributed by atoms with van der Waals surface area (Å²) in [6.07, 6.45) is 1.81. The van der Waals surface area contributed by atoms with E-state index in [0.29, 0.717) is 0 Å².